The molecular formula is C22H28FN3O. The zero-order chi connectivity index (χ0) is 19.0. The fourth-order valence-electron chi connectivity index (χ4n) is 5.06. The number of ether oxygens (including phenoxy) is 1. The van der Waals surface area contributed by atoms with Crippen LogP contribution in [0.2, 0.25) is 0 Å². The molecule has 2 atom stereocenters. The Labute approximate surface area is 161 Å². The molecule has 0 aliphatic carbocycles. The van der Waals surface area contributed by atoms with Gasteiger partial charge in [0, 0.05) is 43.1 Å². The van der Waals surface area contributed by atoms with E-state index in [-0.39, 0.29) is 11.4 Å². The van der Waals surface area contributed by atoms with Crippen LogP contribution >= 0.6 is 0 Å². The normalized spacial score (nSPS) is 24.7. The van der Waals surface area contributed by atoms with Crippen LogP contribution < -0.4 is 9.64 Å². The van der Waals surface area contributed by atoms with Gasteiger partial charge in [0.25, 0.3) is 0 Å². The van der Waals surface area contributed by atoms with Crippen LogP contribution in [0, 0.1) is 11.7 Å². The van der Waals surface area contributed by atoms with E-state index in [4.69, 9.17) is 4.74 Å². The highest BCUT2D eigenvalue weighted by molar-refractivity contribution is 5.52. The van der Waals surface area contributed by atoms with Crippen LogP contribution in [0.25, 0.3) is 0 Å². The maximum atomic E-state index is 13.8. The van der Waals surface area contributed by atoms with Crippen molar-refractivity contribution in [2.75, 3.05) is 25.1 Å². The van der Waals surface area contributed by atoms with Crippen molar-refractivity contribution in [1.82, 2.24) is 9.88 Å². The lowest BCUT2D eigenvalue weighted by atomic mass is 9.89. The van der Waals surface area contributed by atoms with Crippen LogP contribution in [0.4, 0.5) is 10.1 Å². The standard InChI is InChI=1S/C22H28FN3O/c1-22(2)11-17-15-25(14-16-9-20(27-3)13-24-12-16)8-7-21(17)26(22)19-6-4-5-18(23)10-19/h4-6,9-10,12-13,17,21H,7-8,11,14-15H2,1-3H3/t17-,21+/m1/s1. The minimum absolute atomic E-state index is 0.0384. The Morgan fingerprint density at radius 1 is 1.26 bits per heavy atom. The summed E-state index contributed by atoms with van der Waals surface area (Å²) >= 11 is 0. The molecule has 0 saturated carbocycles. The molecule has 144 valence electrons. The molecule has 0 spiro atoms. The number of benzene rings is 1. The minimum atomic E-state index is -0.158. The maximum Gasteiger partial charge on any atom is 0.137 e. The predicted molar refractivity (Wildman–Crippen MR) is 106 cm³/mol. The van der Waals surface area contributed by atoms with Crippen molar-refractivity contribution in [2.45, 2.75) is 44.8 Å². The lowest BCUT2D eigenvalue weighted by Crippen LogP contribution is -2.48. The number of fused-ring (bicyclic) bond motifs is 1. The van der Waals surface area contributed by atoms with E-state index in [0.717, 1.165) is 43.9 Å². The molecule has 5 heteroatoms. The smallest absolute Gasteiger partial charge is 0.137 e. The maximum absolute atomic E-state index is 13.8. The summed E-state index contributed by atoms with van der Waals surface area (Å²) in [5.74, 6) is 1.24. The number of nitrogens with zero attached hydrogens (tertiary/aromatic N) is 3. The third kappa shape index (κ3) is 3.65. The van der Waals surface area contributed by atoms with Crippen molar-refractivity contribution in [2.24, 2.45) is 5.92 Å². The van der Waals surface area contributed by atoms with Gasteiger partial charge in [-0.25, -0.2) is 4.39 Å². The van der Waals surface area contributed by atoms with E-state index in [0.29, 0.717) is 12.0 Å². The van der Waals surface area contributed by atoms with E-state index >= 15 is 0 Å². The van der Waals surface area contributed by atoms with Gasteiger partial charge in [-0.1, -0.05) is 6.07 Å². The first-order valence-corrected chi connectivity index (χ1v) is 9.71. The molecule has 1 aromatic heterocycles. The molecule has 0 unspecified atom stereocenters. The third-order valence-electron chi connectivity index (χ3n) is 6.02. The molecular weight excluding hydrogens is 341 g/mol. The second-order valence-corrected chi connectivity index (χ2v) is 8.45. The van der Waals surface area contributed by atoms with Crippen molar-refractivity contribution >= 4 is 5.69 Å². The summed E-state index contributed by atoms with van der Waals surface area (Å²) in [6.45, 7) is 7.57. The molecule has 4 nitrogen and oxygen atoms in total. The number of rotatable bonds is 4. The number of hydrogen-bond donors (Lipinski definition) is 0. The molecule has 0 amide bonds. The van der Waals surface area contributed by atoms with E-state index in [1.54, 1.807) is 19.4 Å². The molecule has 0 radical (unpaired) electrons. The first kappa shape index (κ1) is 18.2. The molecule has 0 bridgehead atoms. The monoisotopic (exact) mass is 369 g/mol. The van der Waals surface area contributed by atoms with Crippen molar-refractivity contribution < 1.29 is 9.13 Å². The fraction of sp³-hybridized carbons (Fsp3) is 0.500. The quantitative estimate of drug-likeness (QED) is 0.811. The van der Waals surface area contributed by atoms with Gasteiger partial charge in [-0.05, 0) is 62.4 Å². The highest BCUT2D eigenvalue weighted by Crippen LogP contribution is 2.44. The Balaban J connectivity index is 1.49. The minimum Gasteiger partial charge on any atom is -0.495 e. The Kier molecular flexibility index (Phi) is 4.81. The number of halogens is 1. The van der Waals surface area contributed by atoms with Crippen LogP contribution in [0.15, 0.2) is 42.7 Å². The summed E-state index contributed by atoms with van der Waals surface area (Å²) in [6, 6.07) is 9.60. The Bertz CT molecular complexity index is 810. The largest absolute Gasteiger partial charge is 0.495 e. The number of hydrogen-bond acceptors (Lipinski definition) is 4. The number of piperidine rings is 1. The summed E-state index contributed by atoms with van der Waals surface area (Å²) in [5, 5.41) is 0. The van der Waals surface area contributed by atoms with Gasteiger partial charge in [-0.15, -0.1) is 0 Å². The SMILES string of the molecule is COc1cncc(CN2CC[C@H]3[C@@H](C2)CC(C)(C)N3c2cccc(F)c2)c1. The fourth-order valence-corrected chi connectivity index (χ4v) is 5.06. The second kappa shape index (κ2) is 7.12. The number of aromatic nitrogens is 1. The van der Waals surface area contributed by atoms with Crippen LogP contribution in [0.1, 0.15) is 32.3 Å². The molecule has 2 fully saturated rings. The summed E-state index contributed by atoms with van der Waals surface area (Å²) in [7, 11) is 1.67. The molecule has 2 saturated heterocycles. The molecule has 2 aliphatic rings. The molecule has 4 rings (SSSR count). The van der Waals surface area contributed by atoms with Gasteiger partial charge < -0.3 is 9.64 Å². The highest BCUT2D eigenvalue weighted by atomic mass is 19.1. The number of methoxy groups -OCH3 is 1. The molecule has 27 heavy (non-hydrogen) atoms. The second-order valence-electron chi connectivity index (χ2n) is 8.45. The van der Waals surface area contributed by atoms with Crippen molar-refractivity contribution in [3.63, 3.8) is 0 Å². The van der Waals surface area contributed by atoms with Gasteiger partial charge in [-0.2, -0.15) is 0 Å². The zero-order valence-electron chi connectivity index (χ0n) is 16.4. The predicted octanol–water partition coefficient (Wildman–Crippen LogP) is 4.11. The van der Waals surface area contributed by atoms with E-state index in [1.165, 1.54) is 11.6 Å². The number of likely N-dealkylation sites (tertiary alicyclic amines) is 1. The topological polar surface area (TPSA) is 28.6 Å². The van der Waals surface area contributed by atoms with Gasteiger partial charge in [0.2, 0.25) is 0 Å². The van der Waals surface area contributed by atoms with Crippen LogP contribution in [0.3, 0.4) is 0 Å². The molecule has 3 heterocycles. The lowest BCUT2D eigenvalue weighted by Gasteiger charge is -2.42. The van der Waals surface area contributed by atoms with E-state index in [1.807, 2.05) is 18.3 Å². The average Bonchev–Trinajstić information content (AvgIpc) is 2.91. The Hall–Kier alpha value is -2.14. The zero-order valence-corrected chi connectivity index (χ0v) is 16.4. The number of anilines is 1. The van der Waals surface area contributed by atoms with E-state index < -0.39 is 0 Å². The van der Waals surface area contributed by atoms with Crippen LogP contribution in [0.5, 0.6) is 5.75 Å². The average molecular weight is 369 g/mol. The molecule has 0 N–H and O–H groups in total. The van der Waals surface area contributed by atoms with Crippen LogP contribution in [-0.4, -0.2) is 41.7 Å². The van der Waals surface area contributed by atoms with Gasteiger partial charge in [0.1, 0.15) is 11.6 Å². The van der Waals surface area contributed by atoms with E-state index in [2.05, 4.69) is 34.7 Å². The van der Waals surface area contributed by atoms with Gasteiger partial charge in [0.15, 0.2) is 0 Å². The number of pyridine rings is 1. The first-order valence-electron chi connectivity index (χ1n) is 9.71. The van der Waals surface area contributed by atoms with Crippen molar-refractivity contribution in [1.29, 1.82) is 0 Å². The van der Waals surface area contributed by atoms with Gasteiger partial charge in [0.05, 0.1) is 13.3 Å². The van der Waals surface area contributed by atoms with Crippen molar-refractivity contribution in [3.8, 4) is 5.75 Å². The molecule has 2 aromatic rings. The Morgan fingerprint density at radius 2 is 2.11 bits per heavy atom. The summed E-state index contributed by atoms with van der Waals surface area (Å²) in [6.07, 6.45) is 5.89. The van der Waals surface area contributed by atoms with Gasteiger partial charge >= 0.3 is 0 Å². The summed E-state index contributed by atoms with van der Waals surface area (Å²) < 4.78 is 19.1. The highest BCUT2D eigenvalue weighted by Gasteiger charge is 2.48. The Morgan fingerprint density at radius 3 is 2.89 bits per heavy atom. The summed E-state index contributed by atoms with van der Waals surface area (Å²) in [5.41, 5.74) is 2.24. The van der Waals surface area contributed by atoms with E-state index in [9.17, 15) is 4.39 Å². The van der Waals surface area contributed by atoms with Crippen molar-refractivity contribution in [3.05, 3.63) is 54.1 Å². The van der Waals surface area contributed by atoms with Crippen LogP contribution in [-0.2, 0) is 6.54 Å². The lowest BCUT2D eigenvalue weighted by molar-refractivity contribution is 0.161. The van der Waals surface area contributed by atoms with Gasteiger partial charge in [-0.3, -0.25) is 9.88 Å². The summed E-state index contributed by atoms with van der Waals surface area (Å²) in [4.78, 5) is 9.26. The first-order chi connectivity index (χ1) is 13.0. The molecule has 1 aromatic carbocycles. The third-order valence-corrected chi connectivity index (χ3v) is 6.02. The molecule has 2 aliphatic heterocycles.